The van der Waals surface area contributed by atoms with Gasteiger partial charge in [-0.2, -0.15) is 8.42 Å². The van der Waals surface area contributed by atoms with Crippen LogP contribution in [0.1, 0.15) is 5.56 Å². The third-order valence-corrected chi connectivity index (χ3v) is 4.69. The van der Waals surface area contributed by atoms with Gasteiger partial charge in [0, 0.05) is 12.5 Å². The number of hydrogen-bond acceptors (Lipinski definition) is 3. The molecule has 0 saturated carbocycles. The zero-order chi connectivity index (χ0) is 11.7. The Bertz CT molecular complexity index is 556. The van der Waals surface area contributed by atoms with Crippen molar-refractivity contribution in [2.24, 2.45) is 3.77 Å². The van der Waals surface area contributed by atoms with E-state index in [9.17, 15) is 12.6 Å². The molecule has 1 rings (SSSR count). The molecule has 0 heterocycles. The molecule has 0 aliphatic heterocycles. The highest BCUT2D eigenvalue weighted by atomic mass is 32.3. The summed E-state index contributed by atoms with van der Waals surface area (Å²) in [6.07, 6.45) is 2.58. The van der Waals surface area contributed by atoms with Gasteiger partial charge in [-0.15, -0.1) is 3.77 Å². The van der Waals surface area contributed by atoms with Crippen molar-refractivity contribution in [3.8, 4) is 0 Å². The van der Waals surface area contributed by atoms with Crippen LogP contribution in [-0.4, -0.2) is 25.1 Å². The molecule has 84 valence electrons. The molecular weight excluding hydrogens is 234 g/mol. The van der Waals surface area contributed by atoms with Gasteiger partial charge in [0.1, 0.15) is 0 Å². The van der Waals surface area contributed by atoms with E-state index in [1.54, 1.807) is 12.1 Å². The smallest absolute Gasteiger partial charge is 0.249 e. The number of benzene rings is 1. The predicted molar refractivity (Wildman–Crippen MR) is 60.8 cm³/mol. The highest BCUT2D eigenvalue weighted by Crippen LogP contribution is 2.14. The van der Waals surface area contributed by atoms with Crippen molar-refractivity contribution in [2.75, 3.05) is 12.5 Å². The number of aryl methyl sites for hydroxylation is 1. The molecule has 0 spiro atoms. The van der Waals surface area contributed by atoms with Crippen LogP contribution in [0.3, 0.4) is 0 Å². The average Bonchev–Trinajstić information content (AvgIpc) is 2.00. The van der Waals surface area contributed by atoms with Crippen molar-refractivity contribution in [1.82, 2.24) is 0 Å². The molecule has 1 aromatic rings. The number of hydrogen-bond donors (Lipinski definition) is 0. The normalized spacial score (nSPS) is 12.5. The monoisotopic (exact) mass is 247 g/mol. The molecule has 0 amide bonds. The summed E-state index contributed by atoms with van der Waals surface area (Å²) in [6, 6.07) is 6.27. The summed E-state index contributed by atoms with van der Waals surface area (Å²) in [5.74, 6) is 0. The average molecular weight is 247 g/mol. The third-order valence-electron chi connectivity index (χ3n) is 1.60. The lowest BCUT2D eigenvalue weighted by molar-refractivity contribution is 0.598. The van der Waals surface area contributed by atoms with E-state index in [-0.39, 0.29) is 4.90 Å². The quantitative estimate of drug-likeness (QED) is 0.793. The van der Waals surface area contributed by atoms with Crippen LogP contribution in [0.25, 0.3) is 0 Å². The van der Waals surface area contributed by atoms with Gasteiger partial charge in [-0.3, -0.25) is 0 Å². The van der Waals surface area contributed by atoms with Crippen molar-refractivity contribution in [3.05, 3.63) is 29.8 Å². The molecule has 0 atom stereocenters. The summed E-state index contributed by atoms with van der Waals surface area (Å²) in [5, 5.41) is 0. The molecule has 0 aliphatic carbocycles. The van der Waals surface area contributed by atoms with Gasteiger partial charge in [-0.1, -0.05) is 17.7 Å². The molecule has 0 bridgehead atoms. The van der Waals surface area contributed by atoms with Crippen LogP contribution in [-0.2, 0) is 19.8 Å². The SMILES string of the molecule is Cc1ccc(S(=O)(=O)N=S(C)(C)=O)cc1. The highest BCUT2D eigenvalue weighted by molar-refractivity contribution is 8.02. The lowest BCUT2D eigenvalue weighted by Gasteiger charge is -2.00. The third kappa shape index (κ3) is 3.64. The first kappa shape index (κ1) is 12.2. The summed E-state index contributed by atoms with van der Waals surface area (Å²) in [5.41, 5.74) is 0.961. The summed E-state index contributed by atoms with van der Waals surface area (Å²) in [4.78, 5) is 0.0736. The van der Waals surface area contributed by atoms with E-state index in [1.165, 1.54) is 24.6 Å². The van der Waals surface area contributed by atoms with E-state index >= 15 is 0 Å². The second kappa shape index (κ2) is 3.94. The zero-order valence-electron chi connectivity index (χ0n) is 8.80. The maximum absolute atomic E-state index is 11.6. The van der Waals surface area contributed by atoms with E-state index in [0.717, 1.165) is 5.56 Å². The number of sulfonamides is 1. The minimum absolute atomic E-state index is 0.0736. The predicted octanol–water partition coefficient (Wildman–Crippen LogP) is 1.41. The Morgan fingerprint density at radius 2 is 1.47 bits per heavy atom. The molecule has 4 nitrogen and oxygen atoms in total. The van der Waals surface area contributed by atoms with E-state index < -0.39 is 19.8 Å². The summed E-state index contributed by atoms with van der Waals surface area (Å²) < 4.78 is 37.9. The molecule has 0 N–H and O–H groups in total. The molecule has 0 radical (unpaired) electrons. The fourth-order valence-corrected chi connectivity index (χ4v) is 3.70. The van der Waals surface area contributed by atoms with Crippen LogP contribution < -0.4 is 0 Å². The van der Waals surface area contributed by atoms with Crippen LogP contribution in [0.5, 0.6) is 0 Å². The fourth-order valence-electron chi connectivity index (χ4n) is 0.990. The Labute approximate surface area is 90.6 Å². The molecule has 1 aromatic carbocycles. The van der Waals surface area contributed by atoms with Crippen LogP contribution in [0.15, 0.2) is 32.9 Å². The Kier molecular flexibility index (Phi) is 3.20. The second-order valence-corrected chi connectivity index (χ2v) is 7.92. The van der Waals surface area contributed by atoms with Crippen molar-refractivity contribution >= 4 is 19.8 Å². The standard InChI is InChI=1S/C9H13NO3S2/c1-8-4-6-9(7-5-8)15(12,13)10-14(2,3)11/h4-7H,1-3H3. The van der Waals surface area contributed by atoms with Crippen LogP contribution >= 0.6 is 0 Å². The molecule has 15 heavy (non-hydrogen) atoms. The maximum Gasteiger partial charge on any atom is 0.290 e. The van der Waals surface area contributed by atoms with E-state index in [1.807, 2.05) is 6.92 Å². The second-order valence-electron chi connectivity index (χ2n) is 3.54. The van der Waals surface area contributed by atoms with Crippen molar-refractivity contribution in [3.63, 3.8) is 0 Å². The van der Waals surface area contributed by atoms with Crippen LogP contribution in [0.2, 0.25) is 0 Å². The van der Waals surface area contributed by atoms with Gasteiger partial charge in [0.2, 0.25) is 0 Å². The van der Waals surface area contributed by atoms with Gasteiger partial charge in [0.25, 0.3) is 10.0 Å². The lowest BCUT2D eigenvalue weighted by atomic mass is 10.2. The first-order chi connectivity index (χ1) is 6.71. The number of rotatable bonds is 2. The molecule has 0 aromatic heterocycles. The summed E-state index contributed by atoms with van der Waals surface area (Å²) in [7, 11) is -6.44. The topological polar surface area (TPSA) is 63.6 Å². The van der Waals surface area contributed by atoms with Gasteiger partial charge >= 0.3 is 0 Å². The van der Waals surface area contributed by atoms with Crippen LogP contribution in [0, 0.1) is 6.92 Å². The van der Waals surface area contributed by atoms with E-state index in [0.29, 0.717) is 0 Å². The zero-order valence-corrected chi connectivity index (χ0v) is 10.4. The first-order valence-electron chi connectivity index (χ1n) is 4.21. The van der Waals surface area contributed by atoms with Gasteiger partial charge in [0.05, 0.1) is 14.6 Å². The van der Waals surface area contributed by atoms with E-state index in [2.05, 4.69) is 3.77 Å². The first-order valence-corrected chi connectivity index (χ1v) is 7.98. The van der Waals surface area contributed by atoms with Gasteiger partial charge in [-0.25, -0.2) is 4.21 Å². The molecule has 6 heteroatoms. The van der Waals surface area contributed by atoms with E-state index in [4.69, 9.17) is 0 Å². The fraction of sp³-hybridized carbons (Fsp3) is 0.333. The molecule has 0 fully saturated rings. The minimum Gasteiger partial charge on any atom is -0.249 e. The number of nitrogens with zero attached hydrogens (tertiary/aromatic N) is 1. The van der Waals surface area contributed by atoms with Crippen molar-refractivity contribution in [1.29, 1.82) is 0 Å². The van der Waals surface area contributed by atoms with Gasteiger partial charge < -0.3 is 0 Å². The molecular formula is C9H13NO3S2. The highest BCUT2D eigenvalue weighted by Gasteiger charge is 2.13. The Balaban J connectivity index is 3.31. The molecule has 0 aliphatic rings. The Morgan fingerprint density at radius 1 is 1.00 bits per heavy atom. The Hall–Kier alpha value is -0.880. The largest absolute Gasteiger partial charge is 0.290 e. The minimum atomic E-state index is -3.79. The molecule has 0 saturated heterocycles. The summed E-state index contributed by atoms with van der Waals surface area (Å²) >= 11 is 0. The Morgan fingerprint density at radius 3 is 1.87 bits per heavy atom. The van der Waals surface area contributed by atoms with Crippen molar-refractivity contribution in [2.45, 2.75) is 11.8 Å². The lowest BCUT2D eigenvalue weighted by Crippen LogP contribution is -2.02. The molecule has 0 unspecified atom stereocenters. The summed E-state index contributed by atoms with van der Waals surface area (Å²) in [6.45, 7) is 1.86. The van der Waals surface area contributed by atoms with Gasteiger partial charge in [0.15, 0.2) is 0 Å². The van der Waals surface area contributed by atoms with Crippen molar-refractivity contribution < 1.29 is 12.6 Å². The van der Waals surface area contributed by atoms with Gasteiger partial charge in [-0.05, 0) is 19.1 Å². The van der Waals surface area contributed by atoms with Crippen LogP contribution in [0.4, 0.5) is 0 Å². The maximum atomic E-state index is 11.6.